The molecular formula is C17H22N2O3. The third kappa shape index (κ3) is 3.36. The fourth-order valence-corrected chi connectivity index (χ4v) is 2.63. The van der Waals surface area contributed by atoms with Gasteiger partial charge in [0.1, 0.15) is 6.54 Å². The average molecular weight is 302 g/mol. The molecule has 0 atom stereocenters. The molecule has 118 valence electrons. The van der Waals surface area contributed by atoms with Gasteiger partial charge in [-0.15, -0.1) is 0 Å². The van der Waals surface area contributed by atoms with Crippen molar-refractivity contribution in [2.24, 2.45) is 0 Å². The Morgan fingerprint density at radius 3 is 2.73 bits per heavy atom. The van der Waals surface area contributed by atoms with Gasteiger partial charge in [0.15, 0.2) is 5.78 Å². The summed E-state index contributed by atoms with van der Waals surface area (Å²) in [6.07, 6.45) is 2.63. The molecule has 1 N–H and O–H groups in total. The van der Waals surface area contributed by atoms with Gasteiger partial charge in [-0.2, -0.15) is 0 Å². The number of nitrogens with one attached hydrogen (secondary N) is 1. The van der Waals surface area contributed by atoms with E-state index in [2.05, 4.69) is 12.2 Å². The van der Waals surface area contributed by atoms with Gasteiger partial charge in [-0.05, 0) is 18.9 Å². The van der Waals surface area contributed by atoms with E-state index in [9.17, 15) is 9.59 Å². The summed E-state index contributed by atoms with van der Waals surface area (Å²) in [4.78, 5) is 23.9. The lowest BCUT2D eigenvalue weighted by atomic mass is 10.1. The van der Waals surface area contributed by atoms with Gasteiger partial charge in [0.2, 0.25) is 5.91 Å². The third-order valence-corrected chi connectivity index (χ3v) is 3.68. The summed E-state index contributed by atoms with van der Waals surface area (Å²) in [7, 11) is 1.60. The number of methoxy groups -OCH3 is 1. The largest absolute Gasteiger partial charge is 0.383 e. The van der Waals surface area contributed by atoms with E-state index >= 15 is 0 Å². The Morgan fingerprint density at radius 1 is 1.32 bits per heavy atom. The number of carbonyl (C=O) groups excluding carboxylic acids is 2. The second-order valence-corrected chi connectivity index (χ2v) is 5.24. The summed E-state index contributed by atoms with van der Waals surface area (Å²) >= 11 is 0. The van der Waals surface area contributed by atoms with E-state index in [-0.39, 0.29) is 18.2 Å². The molecule has 1 aromatic heterocycles. The monoisotopic (exact) mass is 302 g/mol. The molecule has 1 aromatic carbocycles. The number of aryl methyl sites for hydroxylation is 1. The second-order valence-electron chi connectivity index (χ2n) is 5.24. The van der Waals surface area contributed by atoms with Gasteiger partial charge < -0.3 is 14.6 Å². The fraction of sp³-hybridized carbons (Fsp3) is 0.412. The zero-order chi connectivity index (χ0) is 16.1. The Balaban J connectivity index is 2.36. The van der Waals surface area contributed by atoms with E-state index < -0.39 is 0 Å². The van der Waals surface area contributed by atoms with Crippen molar-refractivity contribution in [1.29, 1.82) is 0 Å². The standard InChI is InChI=1S/C17H22N2O3/c1-4-13-6-5-7-14-15(12(2)20)10-19(17(13)14)11-16(21)18-8-9-22-3/h5-7,10H,4,8-9,11H2,1-3H3,(H,18,21). The summed E-state index contributed by atoms with van der Waals surface area (Å²) < 4.78 is 6.79. The van der Waals surface area contributed by atoms with Crippen LogP contribution >= 0.6 is 0 Å². The van der Waals surface area contributed by atoms with Crippen molar-refractivity contribution in [3.05, 3.63) is 35.5 Å². The lowest BCUT2D eigenvalue weighted by molar-refractivity contribution is -0.121. The molecule has 1 heterocycles. The molecule has 0 radical (unpaired) electrons. The number of hydrogen-bond donors (Lipinski definition) is 1. The highest BCUT2D eigenvalue weighted by molar-refractivity contribution is 6.07. The summed E-state index contributed by atoms with van der Waals surface area (Å²) in [5.41, 5.74) is 2.77. The first kappa shape index (κ1) is 16.2. The van der Waals surface area contributed by atoms with E-state index in [1.54, 1.807) is 20.2 Å². The van der Waals surface area contributed by atoms with Gasteiger partial charge in [-0.1, -0.05) is 25.1 Å². The highest BCUT2D eigenvalue weighted by Crippen LogP contribution is 2.25. The van der Waals surface area contributed by atoms with Crippen molar-refractivity contribution in [1.82, 2.24) is 9.88 Å². The molecule has 0 unspecified atom stereocenters. The molecule has 2 rings (SSSR count). The highest BCUT2D eigenvalue weighted by atomic mass is 16.5. The number of ketones is 1. The SMILES string of the molecule is CCc1cccc2c(C(C)=O)cn(CC(=O)NCCOC)c12. The lowest BCUT2D eigenvalue weighted by Gasteiger charge is -2.09. The predicted octanol–water partition coefficient (Wildman–Crippen LogP) is 2.17. The van der Waals surface area contributed by atoms with Crippen molar-refractivity contribution in [3.63, 3.8) is 0 Å². The van der Waals surface area contributed by atoms with Crippen LogP contribution in [0.2, 0.25) is 0 Å². The molecule has 0 bridgehead atoms. The van der Waals surface area contributed by atoms with Crippen molar-refractivity contribution >= 4 is 22.6 Å². The molecule has 22 heavy (non-hydrogen) atoms. The zero-order valence-corrected chi connectivity index (χ0v) is 13.3. The number of rotatable bonds is 7. The van der Waals surface area contributed by atoms with E-state index in [0.717, 1.165) is 22.9 Å². The molecule has 0 saturated carbocycles. The minimum absolute atomic E-state index is 0.0109. The van der Waals surface area contributed by atoms with Crippen molar-refractivity contribution in [2.45, 2.75) is 26.8 Å². The molecule has 0 fully saturated rings. The first-order valence-corrected chi connectivity index (χ1v) is 7.45. The molecule has 0 aliphatic heterocycles. The van der Waals surface area contributed by atoms with Gasteiger partial charge in [0.05, 0.1) is 12.1 Å². The maximum atomic E-state index is 12.0. The van der Waals surface area contributed by atoms with E-state index in [1.165, 1.54) is 0 Å². The van der Waals surface area contributed by atoms with Crippen LogP contribution < -0.4 is 5.32 Å². The molecule has 0 saturated heterocycles. The van der Waals surface area contributed by atoms with Crippen LogP contribution in [0.15, 0.2) is 24.4 Å². The molecule has 0 spiro atoms. The molecule has 0 aliphatic rings. The number of benzene rings is 1. The van der Waals surface area contributed by atoms with Gasteiger partial charge in [-0.25, -0.2) is 0 Å². The van der Waals surface area contributed by atoms with E-state index in [0.29, 0.717) is 18.7 Å². The van der Waals surface area contributed by atoms with Crippen LogP contribution in [0.25, 0.3) is 10.9 Å². The summed E-state index contributed by atoms with van der Waals surface area (Å²) in [6, 6.07) is 5.92. The normalized spacial score (nSPS) is 10.9. The number of para-hydroxylation sites is 1. The Morgan fingerprint density at radius 2 is 2.09 bits per heavy atom. The number of fused-ring (bicyclic) bond motifs is 1. The maximum Gasteiger partial charge on any atom is 0.240 e. The number of amides is 1. The minimum Gasteiger partial charge on any atom is -0.383 e. The highest BCUT2D eigenvalue weighted by Gasteiger charge is 2.15. The zero-order valence-electron chi connectivity index (χ0n) is 13.3. The number of aromatic nitrogens is 1. The van der Waals surface area contributed by atoms with Crippen LogP contribution in [0, 0.1) is 0 Å². The summed E-state index contributed by atoms with van der Waals surface area (Å²) in [5, 5.41) is 3.72. The van der Waals surface area contributed by atoms with Crippen molar-refractivity contribution in [3.8, 4) is 0 Å². The van der Waals surface area contributed by atoms with Crippen molar-refractivity contribution < 1.29 is 14.3 Å². The van der Waals surface area contributed by atoms with Crippen LogP contribution in [0.4, 0.5) is 0 Å². The van der Waals surface area contributed by atoms with E-state index in [4.69, 9.17) is 4.74 Å². The second kappa shape index (κ2) is 7.22. The first-order valence-electron chi connectivity index (χ1n) is 7.45. The van der Waals surface area contributed by atoms with Crippen LogP contribution in [0.3, 0.4) is 0 Å². The lowest BCUT2D eigenvalue weighted by Crippen LogP contribution is -2.30. The topological polar surface area (TPSA) is 60.3 Å². The van der Waals surface area contributed by atoms with Gasteiger partial charge in [-0.3, -0.25) is 9.59 Å². The average Bonchev–Trinajstić information content (AvgIpc) is 2.86. The van der Waals surface area contributed by atoms with Crippen LogP contribution in [0.1, 0.15) is 29.8 Å². The van der Waals surface area contributed by atoms with Crippen LogP contribution in [0.5, 0.6) is 0 Å². The number of ether oxygens (including phenoxy) is 1. The maximum absolute atomic E-state index is 12.0. The molecule has 0 aliphatic carbocycles. The smallest absolute Gasteiger partial charge is 0.240 e. The number of Topliss-reactive ketones (excluding diaryl/α,β-unsaturated/α-hetero) is 1. The van der Waals surface area contributed by atoms with Gasteiger partial charge in [0, 0.05) is 30.8 Å². The molecule has 1 amide bonds. The molecule has 2 aromatic rings. The Labute approximate surface area is 130 Å². The first-order chi connectivity index (χ1) is 10.6. The van der Waals surface area contributed by atoms with Crippen LogP contribution in [-0.2, 0) is 22.5 Å². The predicted molar refractivity (Wildman–Crippen MR) is 86.2 cm³/mol. The van der Waals surface area contributed by atoms with Crippen molar-refractivity contribution in [2.75, 3.05) is 20.3 Å². The fourth-order valence-electron chi connectivity index (χ4n) is 2.63. The quantitative estimate of drug-likeness (QED) is 0.630. The summed E-state index contributed by atoms with van der Waals surface area (Å²) in [6.45, 7) is 4.78. The number of hydrogen-bond acceptors (Lipinski definition) is 3. The number of nitrogens with zero attached hydrogens (tertiary/aromatic N) is 1. The summed E-state index contributed by atoms with van der Waals surface area (Å²) in [5.74, 6) is -0.0771. The van der Waals surface area contributed by atoms with Gasteiger partial charge in [0.25, 0.3) is 0 Å². The Bertz CT molecular complexity index is 689. The third-order valence-electron chi connectivity index (χ3n) is 3.68. The number of carbonyl (C=O) groups is 2. The molecular weight excluding hydrogens is 280 g/mol. The van der Waals surface area contributed by atoms with E-state index in [1.807, 2.05) is 22.8 Å². The molecule has 5 heteroatoms. The minimum atomic E-state index is -0.0880. The Hall–Kier alpha value is -2.14. The van der Waals surface area contributed by atoms with Crippen LogP contribution in [-0.4, -0.2) is 36.5 Å². The van der Waals surface area contributed by atoms with Gasteiger partial charge >= 0.3 is 0 Å². The molecule has 5 nitrogen and oxygen atoms in total. The Kier molecular flexibility index (Phi) is 5.33.